The van der Waals surface area contributed by atoms with Gasteiger partial charge in [0.05, 0.1) is 0 Å². The fourth-order valence-corrected chi connectivity index (χ4v) is 3.57. The highest BCUT2D eigenvalue weighted by atomic mass is 19.3. The third kappa shape index (κ3) is 5.17. The Bertz CT molecular complexity index is 1030. The van der Waals surface area contributed by atoms with Crippen molar-refractivity contribution in [1.82, 2.24) is 0 Å². The summed E-state index contributed by atoms with van der Waals surface area (Å²) in [5.41, 5.74) is 3.25. The number of likely N-dealkylation sites (N-methyl/N-ethyl adjacent to an activating group) is 1. The molecule has 0 aliphatic carbocycles. The summed E-state index contributed by atoms with van der Waals surface area (Å²) in [5.74, 6) is -0.977. The summed E-state index contributed by atoms with van der Waals surface area (Å²) in [6.45, 7) is 0.808. The van der Waals surface area contributed by atoms with Crippen molar-refractivity contribution in [3.8, 4) is 5.75 Å². The first-order valence-electron chi connectivity index (χ1n) is 9.66. The van der Waals surface area contributed by atoms with E-state index < -0.39 is 12.6 Å². The largest absolute Gasteiger partial charge is 0.454 e. The van der Waals surface area contributed by atoms with E-state index in [4.69, 9.17) is 4.74 Å². The van der Waals surface area contributed by atoms with Gasteiger partial charge in [-0.15, -0.1) is 0 Å². The molecule has 1 aliphatic rings. The van der Waals surface area contributed by atoms with Gasteiger partial charge < -0.3 is 14.4 Å². The van der Waals surface area contributed by atoms with Crippen molar-refractivity contribution in [2.24, 2.45) is 0 Å². The monoisotopic (exact) mass is 427 g/mol. The molecule has 1 heterocycles. The van der Waals surface area contributed by atoms with Crippen LogP contribution < -0.4 is 9.64 Å². The number of alkyl halides is 2. The fraction of sp³-hybridized carbons (Fsp3) is 0.250. The second-order valence-electron chi connectivity index (χ2n) is 7.59. The highest BCUT2D eigenvalue weighted by molar-refractivity contribution is 5.96. The lowest BCUT2D eigenvalue weighted by atomic mass is 9.83. The summed E-state index contributed by atoms with van der Waals surface area (Å²) in [6.07, 6.45) is 4.14. The highest BCUT2D eigenvalue weighted by Gasteiger charge is 2.38. The van der Waals surface area contributed by atoms with E-state index in [-0.39, 0.29) is 23.6 Å². The molecule has 0 amide bonds. The number of rotatable bonds is 7. The Labute approximate surface area is 179 Å². The zero-order valence-electron chi connectivity index (χ0n) is 17.5. The van der Waals surface area contributed by atoms with Crippen LogP contribution >= 0.6 is 0 Å². The standard InChI is InChI=1S/C24H23F2NO4/c1-24(2)19-6-4-5-7-20(19)27(3)21(24)14-17(28)15-30-22(29)13-10-16-8-11-18(12-9-16)31-23(25)26/h4-14,23H,15H2,1-3H3. The lowest BCUT2D eigenvalue weighted by Gasteiger charge is -2.23. The van der Waals surface area contributed by atoms with Gasteiger partial charge in [-0.2, -0.15) is 8.78 Å². The lowest BCUT2D eigenvalue weighted by molar-refractivity contribution is -0.141. The Morgan fingerprint density at radius 2 is 1.77 bits per heavy atom. The van der Waals surface area contributed by atoms with E-state index in [9.17, 15) is 18.4 Å². The van der Waals surface area contributed by atoms with Gasteiger partial charge in [0.25, 0.3) is 0 Å². The third-order valence-electron chi connectivity index (χ3n) is 5.11. The molecule has 0 fully saturated rings. The molecular weight excluding hydrogens is 404 g/mol. The second-order valence-corrected chi connectivity index (χ2v) is 7.59. The predicted octanol–water partition coefficient (Wildman–Crippen LogP) is 4.73. The summed E-state index contributed by atoms with van der Waals surface area (Å²) in [4.78, 5) is 26.3. The Hall–Kier alpha value is -3.48. The number of allylic oxidation sites excluding steroid dienone is 1. The van der Waals surface area contributed by atoms with Gasteiger partial charge in [-0.25, -0.2) is 4.79 Å². The van der Waals surface area contributed by atoms with Gasteiger partial charge in [0.2, 0.25) is 0 Å². The molecule has 0 aromatic heterocycles. The number of nitrogens with zero attached hydrogens (tertiary/aromatic N) is 1. The number of fused-ring (bicyclic) bond motifs is 1. The first-order valence-corrected chi connectivity index (χ1v) is 9.66. The van der Waals surface area contributed by atoms with E-state index in [0.717, 1.165) is 16.9 Å². The number of hydrogen-bond acceptors (Lipinski definition) is 5. The van der Waals surface area contributed by atoms with Crippen LogP contribution in [0.1, 0.15) is 25.0 Å². The SMILES string of the molecule is CN1C(=CC(=O)COC(=O)C=Cc2ccc(OC(F)F)cc2)C(C)(C)c2ccccc21. The minimum absolute atomic E-state index is 0.0234. The molecule has 0 unspecified atom stereocenters. The summed E-state index contributed by atoms with van der Waals surface area (Å²) < 4.78 is 33.6. The molecule has 1 aliphatic heterocycles. The number of carbonyl (C=O) groups is 2. The van der Waals surface area contributed by atoms with Gasteiger partial charge in [0, 0.05) is 36.0 Å². The molecular formula is C24H23F2NO4. The molecule has 0 saturated carbocycles. The first kappa shape index (κ1) is 22.2. The van der Waals surface area contributed by atoms with E-state index >= 15 is 0 Å². The molecule has 0 spiro atoms. The third-order valence-corrected chi connectivity index (χ3v) is 5.11. The quantitative estimate of drug-likeness (QED) is 0.473. The van der Waals surface area contributed by atoms with Gasteiger partial charge in [-0.1, -0.05) is 44.2 Å². The van der Waals surface area contributed by atoms with Crippen molar-refractivity contribution in [1.29, 1.82) is 0 Å². The summed E-state index contributed by atoms with van der Waals surface area (Å²) in [7, 11) is 1.90. The van der Waals surface area contributed by atoms with Crippen LogP contribution in [0.5, 0.6) is 5.75 Å². The average Bonchev–Trinajstić information content (AvgIpc) is 2.92. The van der Waals surface area contributed by atoms with Crippen LogP contribution in [0.15, 0.2) is 66.4 Å². The van der Waals surface area contributed by atoms with Gasteiger partial charge in [-0.3, -0.25) is 4.79 Å². The van der Waals surface area contributed by atoms with Crippen molar-refractivity contribution in [2.45, 2.75) is 25.9 Å². The maximum Gasteiger partial charge on any atom is 0.387 e. The zero-order valence-corrected chi connectivity index (χ0v) is 17.5. The Morgan fingerprint density at radius 1 is 1.10 bits per heavy atom. The van der Waals surface area contributed by atoms with Gasteiger partial charge in [0.15, 0.2) is 12.4 Å². The van der Waals surface area contributed by atoms with E-state index in [1.807, 2.05) is 50.1 Å². The molecule has 0 bridgehead atoms. The summed E-state index contributed by atoms with van der Waals surface area (Å²) in [6, 6.07) is 13.7. The highest BCUT2D eigenvalue weighted by Crippen LogP contribution is 2.46. The number of esters is 1. The maximum absolute atomic E-state index is 12.4. The van der Waals surface area contributed by atoms with Crippen molar-refractivity contribution in [3.63, 3.8) is 0 Å². The minimum Gasteiger partial charge on any atom is -0.454 e. The molecule has 5 nitrogen and oxygen atoms in total. The fourth-order valence-electron chi connectivity index (χ4n) is 3.57. The molecule has 2 aromatic carbocycles. The second kappa shape index (κ2) is 9.12. The van der Waals surface area contributed by atoms with Gasteiger partial charge >= 0.3 is 12.6 Å². The summed E-state index contributed by atoms with van der Waals surface area (Å²) in [5, 5.41) is 0. The van der Waals surface area contributed by atoms with Crippen molar-refractivity contribution < 1.29 is 27.8 Å². The van der Waals surface area contributed by atoms with Crippen molar-refractivity contribution in [3.05, 3.63) is 77.5 Å². The number of hydrogen-bond donors (Lipinski definition) is 0. The van der Waals surface area contributed by atoms with Crippen LogP contribution in [-0.2, 0) is 19.7 Å². The number of benzene rings is 2. The number of anilines is 1. The van der Waals surface area contributed by atoms with Gasteiger partial charge in [-0.05, 0) is 35.4 Å². The van der Waals surface area contributed by atoms with E-state index in [0.29, 0.717) is 5.56 Å². The van der Waals surface area contributed by atoms with E-state index in [1.165, 1.54) is 42.5 Å². The zero-order chi connectivity index (χ0) is 22.6. The van der Waals surface area contributed by atoms with Crippen LogP contribution in [0.2, 0.25) is 0 Å². The Kier molecular flexibility index (Phi) is 6.53. The van der Waals surface area contributed by atoms with Crippen LogP contribution in [-0.4, -0.2) is 32.0 Å². The Morgan fingerprint density at radius 3 is 2.42 bits per heavy atom. The number of halogens is 2. The molecule has 162 valence electrons. The first-order chi connectivity index (χ1) is 14.7. The van der Waals surface area contributed by atoms with Crippen molar-refractivity contribution in [2.75, 3.05) is 18.6 Å². The topological polar surface area (TPSA) is 55.8 Å². The smallest absolute Gasteiger partial charge is 0.387 e. The predicted molar refractivity (Wildman–Crippen MR) is 114 cm³/mol. The molecule has 0 N–H and O–H groups in total. The molecule has 3 rings (SSSR count). The average molecular weight is 427 g/mol. The lowest BCUT2D eigenvalue weighted by Crippen LogP contribution is -2.25. The molecule has 7 heteroatoms. The van der Waals surface area contributed by atoms with Crippen LogP contribution in [0.25, 0.3) is 6.08 Å². The van der Waals surface area contributed by atoms with Crippen LogP contribution in [0.4, 0.5) is 14.5 Å². The van der Waals surface area contributed by atoms with E-state index in [1.54, 1.807) is 0 Å². The maximum atomic E-state index is 12.4. The number of carbonyl (C=O) groups excluding carboxylic acids is 2. The molecule has 0 atom stereocenters. The van der Waals surface area contributed by atoms with Crippen LogP contribution in [0.3, 0.4) is 0 Å². The number of para-hydroxylation sites is 1. The van der Waals surface area contributed by atoms with Gasteiger partial charge in [0.1, 0.15) is 5.75 Å². The molecule has 2 aromatic rings. The normalized spacial score (nSPS) is 16.1. The summed E-state index contributed by atoms with van der Waals surface area (Å²) >= 11 is 0. The van der Waals surface area contributed by atoms with Crippen molar-refractivity contribution >= 4 is 23.5 Å². The Balaban J connectivity index is 1.57. The number of ether oxygens (including phenoxy) is 2. The number of ketones is 1. The minimum atomic E-state index is -2.90. The van der Waals surface area contributed by atoms with Crippen LogP contribution in [0, 0.1) is 0 Å². The molecule has 0 radical (unpaired) electrons. The molecule has 31 heavy (non-hydrogen) atoms. The molecule has 0 saturated heterocycles. The van der Waals surface area contributed by atoms with E-state index in [2.05, 4.69) is 4.74 Å².